The van der Waals surface area contributed by atoms with Crippen molar-refractivity contribution < 1.29 is 4.79 Å². The minimum absolute atomic E-state index is 0. The Kier molecular flexibility index (Phi) is 9.07. The molecule has 20 heavy (non-hydrogen) atoms. The number of amides is 1. The van der Waals surface area contributed by atoms with Gasteiger partial charge in [-0.05, 0) is 44.7 Å². The summed E-state index contributed by atoms with van der Waals surface area (Å²) in [6.45, 7) is 8.31. The van der Waals surface area contributed by atoms with E-state index in [4.69, 9.17) is 5.73 Å². The van der Waals surface area contributed by atoms with Gasteiger partial charge in [0.25, 0.3) is 0 Å². The summed E-state index contributed by atoms with van der Waals surface area (Å²) in [5, 5.41) is 0. The fourth-order valence-corrected chi connectivity index (χ4v) is 3.05. The molecule has 0 spiro atoms. The zero-order valence-electron chi connectivity index (χ0n) is 12.6. The molecule has 1 atom stereocenters. The van der Waals surface area contributed by atoms with Crippen molar-refractivity contribution in [3.63, 3.8) is 0 Å². The van der Waals surface area contributed by atoms with E-state index in [1.54, 1.807) is 0 Å². The molecular weight excluding hydrogens is 297 g/mol. The number of hydrogen-bond acceptors (Lipinski definition) is 3. The third-order valence-corrected chi connectivity index (χ3v) is 4.44. The minimum atomic E-state index is -0.326. The molecule has 0 saturated carbocycles. The number of nitrogens with zero attached hydrogens (tertiary/aromatic N) is 2. The summed E-state index contributed by atoms with van der Waals surface area (Å²) in [4.78, 5) is 16.7. The number of likely N-dealkylation sites (tertiary alicyclic amines) is 2. The number of carbonyl (C=O) groups is 1. The number of rotatable bonds is 3. The van der Waals surface area contributed by atoms with Crippen LogP contribution in [0.2, 0.25) is 0 Å². The molecule has 0 aromatic heterocycles. The van der Waals surface area contributed by atoms with E-state index in [0.29, 0.717) is 6.04 Å². The van der Waals surface area contributed by atoms with Crippen molar-refractivity contribution in [1.82, 2.24) is 9.80 Å². The lowest BCUT2D eigenvalue weighted by Gasteiger charge is -2.38. The van der Waals surface area contributed by atoms with Crippen molar-refractivity contribution >= 4 is 30.7 Å². The van der Waals surface area contributed by atoms with E-state index in [1.165, 1.54) is 25.9 Å². The zero-order chi connectivity index (χ0) is 13.1. The normalized spacial score (nSPS) is 22.3. The molecule has 0 unspecified atom stereocenters. The summed E-state index contributed by atoms with van der Waals surface area (Å²) < 4.78 is 0. The van der Waals surface area contributed by atoms with E-state index in [2.05, 4.69) is 4.90 Å². The van der Waals surface area contributed by atoms with E-state index in [-0.39, 0.29) is 42.7 Å². The van der Waals surface area contributed by atoms with Gasteiger partial charge in [0, 0.05) is 19.1 Å². The second-order valence-corrected chi connectivity index (χ2v) is 6.07. The highest BCUT2D eigenvalue weighted by molar-refractivity contribution is 5.85. The molecule has 2 aliphatic rings. The Bertz CT molecular complexity index is 288. The van der Waals surface area contributed by atoms with Crippen LogP contribution in [0.15, 0.2) is 0 Å². The van der Waals surface area contributed by atoms with Gasteiger partial charge in [-0.15, -0.1) is 24.8 Å². The number of nitrogens with two attached hydrogens (primary N) is 1. The third-order valence-electron chi connectivity index (χ3n) is 4.44. The van der Waals surface area contributed by atoms with Gasteiger partial charge in [-0.3, -0.25) is 4.79 Å². The fraction of sp³-hybridized carbons (Fsp3) is 0.929. The van der Waals surface area contributed by atoms with Crippen molar-refractivity contribution in [3.05, 3.63) is 0 Å². The quantitative estimate of drug-likeness (QED) is 0.862. The summed E-state index contributed by atoms with van der Waals surface area (Å²) >= 11 is 0. The van der Waals surface area contributed by atoms with Crippen LogP contribution in [0.1, 0.15) is 39.5 Å². The predicted molar refractivity (Wildman–Crippen MR) is 87.7 cm³/mol. The molecule has 1 amide bonds. The van der Waals surface area contributed by atoms with Crippen LogP contribution in [0.25, 0.3) is 0 Å². The second-order valence-electron chi connectivity index (χ2n) is 6.07. The number of hydrogen-bond donors (Lipinski definition) is 1. The molecule has 2 heterocycles. The molecule has 2 rings (SSSR count). The van der Waals surface area contributed by atoms with E-state index >= 15 is 0 Å². The second kappa shape index (κ2) is 9.08. The zero-order valence-corrected chi connectivity index (χ0v) is 14.2. The molecule has 2 fully saturated rings. The molecule has 0 aromatic carbocycles. The van der Waals surface area contributed by atoms with Crippen molar-refractivity contribution in [2.24, 2.45) is 11.7 Å². The number of piperidine rings is 1. The van der Waals surface area contributed by atoms with Crippen molar-refractivity contribution in [2.45, 2.75) is 51.6 Å². The van der Waals surface area contributed by atoms with Gasteiger partial charge in [-0.1, -0.05) is 13.8 Å². The van der Waals surface area contributed by atoms with Gasteiger partial charge in [-0.25, -0.2) is 0 Å². The first-order valence-electron chi connectivity index (χ1n) is 7.38. The first kappa shape index (κ1) is 20.0. The first-order chi connectivity index (χ1) is 8.59. The molecule has 0 aromatic rings. The highest BCUT2D eigenvalue weighted by Crippen LogP contribution is 2.21. The van der Waals surface area contributed by atoms with Crippen LogP contribution in [-0.4, -0.2) is 54.0 Å². The maximum atomic E-state index is 12.2. The minimum Gasteiger partial charge on any atom is -0.341 e. The average Bonchev–Trinajstić information content (AvgIpc) is 2.91. The fourth-order valence-electron chi connectivity index (χ4n) is 3.05. The Balaban J connectivity index is 0.00000180. The van der Waals surface area contributed by atoms with Gasteiger partial charge in [-0.2, -0.15) is 0 Å². The van der Waals surface area contributed by atoms with E-state index in [9.17, 15) is 4.79 Å². The van der Waals surface area contributed by atoms with Crippen LogP contribution in [0.3, 0.4) is 0 Å². The van der Waals surface area contributed by atoms with Gasteiger partial charge in [0.15, 0.2) is 0 Å². The SMILES string of the molecule is CC(C)[C@@H](N)C(=O)N1CCC(N2CCCC2)CC1.Cl.Cl. The summed E-state index contributed by atoms with van der Waals surface area (Å²) in [6.07, 6.45) is 4.93. The maximum absolute atomic E-state index is 12.2. The van der Waals surface area contributed by atoms with Crippen LogP contribution >= 0.6 is 24.8 Å². The van der Waals surface area contributed by atoms with Gasteiger partial charge in [0.2, 0.25) is 5.91 Å². The Morgan fingerprint density at radius 1 is 1.05 bits per heavy atom. The Morgan fingerprint density at radius 3 is 2.00 bits per heavy atom. The third kappa shape index (κ3) is 4.76. The topological polar surface area (TPSA) is 49.6 Å². The smallest absolute Gasteiger partial charge is 0.239 e. The molecular formula is C14H29Cl2N3O. The van der Waals surface area contributed by atoms with Crippen molar-refractivity contribution in [1.29, 1.82) is 0 Å². The van der Waals surface area contributed by atoms with Gasteiger partial charge in [0.05, 0.1) is 6.04 Å². The van der Waals surface area contributed by atoms with Crippen molar-refractivity contribution in [2.75, 3.05) is 26.2 Å². The lowest BCUT2D eigenvalue weighted by atomic mass is 9.99. The molecule has 0 bridgehead atoms. The van der Waals surface area contributed by atoms with Gasteiger partial charge in [0.1, 0.15) is 0 Å². The molecule has 2 N–H and O–H groups in total. The average molecular weight is 326 g/mol. The molecule has 2 saturated heterocycles. The molecule has 6 heteroatoms. The number of carbonyl (C=O) groups excluding carboxylic acids is 1. The van der Waals surface area contributed by atoms with Gasteiger partial charge < -0.3 is 15.5 Å². The molecule has 0 radical (unpaired) electrons. The lowest BCUT2D eigenvalue weighted by molar-refractivity contribution is -0.135. The molecule has 4 nitrogen and oxygen atoms in total. The summed E-state index contributed by atoms with van der Waals surface area (Å²) in [5.41, 5.74) is 5.95. The maximum Gasteiger partial charge on any atom is 0.239 e. The monoisotopic (exact) mass is 325 g/mol. The highest BCUT2D eigenvalue weighted by Gasteiger charge is 2.30. The first-order valence-corrected chi connectivity index (χ1v) is 7.38. The highest BCUT2D eigenvalue weighted by atomic mass is 35.5. The van der Waals surface area contributed by atoms with E-state index < -0.39 is 0 Å². The van der Waals surface area contributed by atoms with Crippen LogP contribution in [-0.2, 0) is 4.79 Å². The summed E-state index contributed by atoms with van der Waals surface area (Å²) in [7, 11) is 0. The predicted octanol–water partition coefficient (Wildman–Crippen LogP) is 1.90. The van der Waals surface area contributed by atoms with Crippen LogP contribution in [0.5, 0.6) is 0 Å². The number of halogens is 2. The summed E-state index contributed by atoms with van der Waals surface area (Å²) in [6, 6.07) is 0.375. The van der Waals surface area contributed by atoms with Crippen LogP contribution in [0.4, 0.5) is 0 Å². The Labute approximate surface area is 135 Å². The Morgan fingerprint density at radius 2 is 1.55 bits per heavy atom. The lowest BCUT2D eigenvalue weighted by Crippen LogP contribution is -2.52. The van der Waals surface area contributed by atoms with E-state index in [0.717, 1.165) is 25.9 Å². The van der Waals surface area contributed by atoms with Gasteiger partial charge >= 0.3 is 0 Å². The van der Waals surface area contributed by atoms with Crippen molar-refractivity contribution in [3.8, 4) is 0 Å². The molecule has 0 aliphatic carbocycles. The van der Waals surface area contributed by atoms with Crippen LogP contribution < -0.4 is 5.73 Å². The summed E-state index contributed by atoms with van der Waals surface area (Å²) in [5.74, 6) is 0.374. The van der Waals surface area contributed by atoms with E-state index in [1.807, 2.05) is 18.7 Å². The molecule has 120 valence electrons. The van der Waals surface area contributed by atoms with Crippen LogP contribution in [0, 0.1) is 5.92 Å². The largest absolute Gasteiger partial charge is 0.341 e. The Hall–Kier alpha value is -0.0300. The molecule has 2 aliphatic heterocycles. The standard InChI is InChI=1S/C14H27N3O.2ClH/c1-11(2)13(15)14(18)17-9-5-12(6-10-17)16-7-3-4-8-16;;/h11-13H,3-10,15H2,1-2H3;2*1H/t13-;;/m1../s1.